The van der Waals surface area contributed by atoms with E-state index in [9.17, 15) is 0 Å². The maximum absolute atomic E-state index is 4.81. The van der Waals surface area contributed by atoms with Crippen LogP contribution in [0.25, 0.3) is 11.4 Å². The van der Waals surface area contributed by atoms with E-state index in [1.807, 2.05) is 12.1 Å². The molecule has 2 heterocycles. The smallest absolute Gasteiger partial charge is 0.191 e. The SMILES string of the molecule is CCNC(=NCc1cccc(-c2ncn[nH]2)c1)NC1CCN(c2ccccc2)CC1.I. The van der Waals surface area contributed by atoms with Gasteiger partial charge in [0.05, 0.1) is 6.54 Å². The molecule has 3 N–H and O–H groups in total. The van der Waals surface area contributed by atoms with Crippen LogP contribution < -0.4 is 15.5 Å². The van der Waals surface area contributed by atoms with E-state index < -0.39 is 0 Å². The van der Waals surface area contributed by atoms with Crippen LogP contribution in [0.2, 0.25) is 0 Å². The lowest BCUT2D eigenvalue weighted by Crippen LogP contribution is -2.48. The van der Waals surface area contributed by atoms with Gasteiger partial charge in [0.2, 0.25) is 0 Å². The number of anilines is 1. The van der Waals surface area contributed by atoms with Gasteiger partial charge in [0, 0.05) is 36.9 Å². The number of piperidine rings is 1. The molecule has 0 saturated carbocycles. The number of nitrogens with zero attached hydrogens (tertiary/aromatic N) is 4. The normalized spacial score (nSPS) is 14.7. The molecule has 8 heteroatoms. The third-order valence-electron chi connectivity index (χ3n) is 5.34. The molecule has 4 rings (SSSR count). The molecule has 7 nitrogen and oxygen atoms in total. The second-order valence-electron chi connectivity index (χ2n) is 7.47. The number of halogens is 1. The number of hydrogen-bond donors (Lipinski definition) is 3. The average molecular weight is 531 g/mol. The minimum atomic E-state index is 0. The lowest BCUT2D eigenvalue weighted by molar-refractivity contribution is 0.461. The third-order valence-corrected chi connectivity index (χ3v) is 5.34. The summed E-state index contributed by atoms with van der Waals surface area (Å²) in [5.74, 6) is 1.65. The molecule has 0 atom stereocenters. The lowest BCUT2D eigenvalue weighted by atomic mass is 10.0. The Morgan fingerprint density at radius 3 is 2.65 bits per heavy atom. The van der Waals surface area contributed by atoms with E-state index in [1.54, 1.807) is 0 Å². The molecule has 1 aromatic heterocycles. The quantitative estimate of drug-likeness (QED) is 0.256. The Morgan fingerprint density at radius 2 is 1.94 bits per heavy atom. The van der Waals surface area contributed by atoms with Crippen LogP contribution in [0.15, 0.2) is 65.9 Å². The predicted molar refractivity (Wildman–Crippen MR) is 137 cm³/mol. The monoisotopic (exact) mass is 531 g/mol. The molecule has 1 saturated heterocycles. The summed E-state index contributed by atoms with van der Waals surface area (Å²) in [6, 6.07) is 19.3. The number of hydrogen-bond acceptors (Lipinski definition) is 4. The number of aliphatic imine (C=N–C) groups is 1. The Bertz CT molecular complexity index is 936. The molecule has 1 aliphatic rings. The minimum Gasteiger partial charge on any atom is -0.371 e. The Kier molecular flexibility index (Phi) is 8.69. The molecule has 0 amide bonds. The zero-order valence-electron chi connectivity index (χ0n) is 17.8. The molecule has 0 aliphatic carbocycles. The van der Waals surface area contributed by atoms with Gasteiger partial charge in [-0.05, 0) is 43.5 Å². The summed E-state index contributed by atoms with van der Waals surface area (Å²) in [6.07, 6.45) is 3.72. The van der Waals surface area contributed by atoms with Crippen molar-refractivity contribution in [2.45, 2.75) is 32.4 Å². The van der Waals surface area contributed by atoms with Crippen LogP contribution in [-0.2, 0) is 6.54 Å². The molecule has 31 heavy (non-hydrogen) atoms. The summed E-state index contributed by atoms with van der Waals surface area (Å²) in [5.41, 5.74) is 3.47. The highest BCUT2D eigenvalue weighted by Gasteiger charge is 2.20. The van der Waals surface area contributed by atoms with Crippen LogP contribution in [0, 0.1) is 0 Å². The first kappa shape index (κ1) is 23.1. The number of nitrogens with one attached hydrogen (secondary N) is 3. The molecule has 3 aromatic rings. The standard InChI is InChI=1S/C23H29N7.HI/c1-2-24-23(25-16-18-7-6-8-19(15-18)22-26-17-27-29-22)28-20-11-13-30(14-12-20)21-9-4-3-5-10-21;/h3-10,15,17,20H,2,11-14,16H2,1H3,(H2,24,25,28)(H,26,27,29);1H. The molecule has 0 radical (unpaired) electrons. The number of para-hydroxylation sites is 1. The number of rotatable bonds is 6. The van der Waals surface area contributed by atoms with Crippen LogP contribution in [0.5, 0.6) is 0 Å². The first-order chi connectivity index (χ1) is 14.8. The van der Waals surface area contributed by atoms with Gasteiger partial charge in [-0.2, -0.15) is 5.10 Å². The van der Waals surface area contributed by atoms with Gasteiger partial charge in [-0.1, -0.05) is 36.4 Å². The Labute approximate surface area is 200 Å². The fraction of sp³-hybridized carbons (Fsp3) is 0.348. The van der Waals surface area contributed by atoms with E-state index in [-0.39, 0.29) is 24.0 Å². The molecule has 2 aromatic carbocycles. The molecular weight excluding hydrogens is 501 g/mol. The average Bonchev–Trinajstić information content (AvgIpc) is 3.34. The van der Waals surface area contributed by atoms with Crippen molar-refractivity contribution in [2.75, 3.05) is 24.5 Å². The van der Waals surface area contributed by atoms with E-state index in [2.05, 4.69) is 80.1 Å². The summed E-state index contributed by atoms with van der Waals surface area (Å²) in [7, 11) is 0. The highest BCUT2D eigenvalue weighted by Crippen LogP contribution is 2.19. The van der Waals surface area contributed by atoms with E-state index in [1.165, 1.54) is 12.0 Å². The highest BCUT2D eigenvalue weighted by atomic mass is 127. The van der Waals surface area contributed by atoms with E-state index in [4.69, 9.17) is 4.99 Å². The van der Waals surface area contributed by atoms with Crippen LogP contribution in [0.3, 0.4) is 0 Å². The highest BCUT2D eigenvalue weighted by molar-refractivity contribution is 14.0. The molecule has 0 unspecified atom stereocenters. The lowest BCUT2D eigenvalue weighted by Gasteiger charge is -2.34. The fourth-order valence-corrected chi connectivity index (χ4v) is 3.77. The molecule has 1 aliphatic heterocycles. The number of H-pyrrole nitrogens is 1. The Hall–Kier alpha value is -2.62. The van der Waals surface area contributed by atoms with Crippen molar-refractivity contribution in [3.05, 3.63) is 66.5 Å². The summed E-state index contributed by atoms with van der Waals surface area (Å²) >= 11 is 0. The third kappa shape index (κ3) is 6.43. The summed E-state index contributed by atoms with van der Waals surface area (Å²) in [5, 5.41) is 13.8. The first-order valence-corrected chi connectivity index (χ1v) is 10.6. The van der Waals surface area contributed by atoms with E-state index in [0.717, 1.165) is 55.4 Å². The van der Waals surface area contributed by atoms with E-state index >= 15 is 0 Å². The summed E-state index contributed by atoms with van der Waals surface area (Å²) in [4.78, 5) is 11.5. The maximum atomic E-state index is 4.81. The zero-order valence-corrected chi connectivity index (χ0v) is 20.1. The van der Waals surface area contributed by atoms with Crippen molar-refractivity contribution >= 4 is 35.6 Å². The van der Waals surface area contributed by atoms with E-state index in [0.29, 0.717) is 12.6 Å². The maximum Gasteiger partial charge on any atom is 0.191 e. The van der Waals surface area contributed by atoms with Crippen molar-refractivity contribution < 1.29 is 0 Å². The Balaban J connectivity index is 0.00000272. The van der Waals surface area contributed by atoms with Crippen LogP contribution >= 0.6 is 24.0 Å². The van der Waals surface area contributed by atoms with Gasteiger partial charge >= 0.3 is 0 Å². The van der Waals surface area contributed by atoms with Gasteiger partial charge in [0.15, 0.2) is 11.8 Å². The van der Waals surface area contributed by atoms with Crippen LogP contribution in [0.4, 0.5) is 5.69 Å². The van der Waals surface area contributed by atoms with Gasteiger partial charge in [-0.3, -0.25) is 5.10 Å². The number of benzene rings is 2. The van der Waals surface area contributed by atoms with Gasteiger partial charge in [-0.25, -0.2) is 9.98 Å². The zero-order chi connectivity index (χ0) is 20.6. The van der Waals surface area contributed by atoms with Crippen molar-refractivity contribution in [3.8, 4) is 11.4 Å². The first-order valence-electron chi connectivity index (χ1n) is 10.6. The molecular formula is C23H30IN7. The second kappa shape index (κ2) is 11.7. The number of aromatic amines is 1. The van der Waals surface area contributed by atoms with Gasteiger partial charge in [-0.15, -0.1) is 24.0 Å². The molecule has 1 fully saturated rings. The Morgan fingerprint density at radius 1 is 1.13 bits per heavy atom. The van der Waals surface area contributed by atoms with Gasteiger partial charge < -0.3 is 15.5 Å². The topological polar surface area (TPSA) is 81.2 Å². The number of guanidine groups is 1. The van der Waals surface area contributed by atoms with Gasteiger partial charge in [0.25, 0.3) is 0 Å². The summed E-state index contributed by atoms with van der Waals surface area (Å²) < 4.78 is 0. The minimum absolute atomic E-state index is 0. The number of aromatic nitrogens is 3. The van der Waals surface area contributed by atoms with Crippen molar-refractivity contribution in [1.29, 1.82) is 0 Å². The molecule has 0 bridgehead atoms. The van der Waals surface area contributed by atoms with Crippen molar-refractivity contribution in [1.82, 2.24) is 25.8 Å². The van der Waals surface area contributed by atoms with Gasteiger partial charge in [0.1, 0.15) is 6.33 Å². The largest absolute Gasteiger partial charge is 0.371 e. The van der Waals surface area contributed by atoms with Crippen LogP contribution in [-0.4, -0.2) is 46.8 Å². The predicted octanol–water partition coefficient (Wildman–Crippen LogP) is 3.81. The van der Waals surface area contributed by atoms with Crippen molar-refractivity contribution in [2.24, 2.45) is 4.99 Å². The second-order valence-corrected chi connectivity index (χ2v) is 7.47. The molecule has 0 spiro atoms. The fourth-order valence-electron chi connectivity index (χ4n) is 3.77. The van der Waals surface area contributed by atoms with Crippen LogP contribution in [0.1, 0.15) is 25.3 Å². The van der Waals surface area contributed by atoms with Crippen molar-refractivity contribution in [3.63, 3.8) is 0 Å². The molecule has 164 valence electrons. The summed E-state index contributed by atoms with van der Waals surface area (Å²) in [6.45, 7) is 5.66.